The largest absolute Gasteiger partial charge is 0.344 e. The Bertz CT molecular complexity index is 335. The van der Waals surface area contributed by atoms with Crippen LogP contribution in [0.1, 0.15) is 18.4 Å². The number of hydrogen-bond donors (Lipinski definition) is 1. The SMILES string of the molecule is CNCCN(C)C(=O)C(C)c1cccnc1.Cl.Cl. The van der Waals surface area contributed by atoms with Crippen molar-refractivity contribution in [3.63, 3.8) is 0 Å². The second-order valence-electron chi connectivity index (χ2n) is 3.87. The van der Waals surface area contributed by atoms with Gasteiger partial charge in [-0.1, -0.05) is 6.07 Å². The predicted octanol–water partition coefficient (Wildman–Crippen LogP) is 1.71. The lowest BCUT2D eigenvalue weighted by atomic mass is 10.0. The van der Waals surface area contributed by atoms with Crippen LogP contribution in [0, 0.1) is 0 Å². The zero-order valence-electron chi connectivity index (χ0n) is 10.9. The van der Waals surface area contributed by atoms with Gasteiger partial charge in [0.2, 0.25) is 5.91 Å². The lowest BCUT2D eigenvalue weighted by Gasteiger charge is -2.21. The van der Waals surface area contributed by atoms with Gasteiger partial charge in [-0.05, 0) is 25.6 Å². The minimum absolute atomic E-state index is 0. The molecule has 0 fully saturated rings. The average molecular weight is 294 g/mol. The van der Waals surface area contributed by atoms with Crippen LogP contribution in [0.4, 0.5) is 0 Å². The Labute approximate surface area is 121 Å². The highest BCUT2D eigenvalue weighted by molar-refractivity contribution is 5.85. The summed E-state index contributed by atoms with van der Waals surface area (Å²) in [5, 5.41) is 3.03. The molecule has 1 aromatic heterocycles. The number of carbonyl (C=O) groups is 1. The zero-order chi connectivity index (χ0) is 12.0. The summed E-state index contributed by atoms with van der Waals surface area (Å²) in [4.78, 5) is 17.8. The van der Waals surface area contributed by atoms with Gasteiger partial charge in [-0.3, -0.25) is 9.78 Å². The molecule has 0 aliphatic carbocycles. The molecule has 1 heterocycles. The summed E-state index contributed by atoms with van der Waals surface area (Å²) >= 11 is 0. The molecule has 1 N–H and O–H groups in total. The standard InChI is InChI=1S/C12H19N3O.2ClH/c1-10(11-5-4-6-14-9-11)12(16)15(3)8-7-13-2;;/h4-6,9-10,13H,7-8H2,1-3H3;2*1H. The fraction of sp³-hybridized carbons (Fsp3) is 0.500. The van der Waals surface area contributed by atoms with Crippen LogP contribution in [0.3, 0.4) is 0 Å². The second kappa shape index (κ2) is 10.1. The molecular weight excluding hydrogens is 273 g/mol. The van der Waals surface area contributed by atoms with E-state index in [0.717, 1.165) is 18.7 Å². The quantitative estimate of drug-likeness (QED) is 0.899. The lowest BCUT2D eigenvalue weighted by Crippen LogP contribution is -2.35. The Kier molecular flexibility index (Phi) is 11.0. The van der Waals surface area contributed by atoms with E-state index in [1.165, 1.54) is 0 Å². The number of likely N-dealkylation sites (N-methyl/N-ethyl adjacent to an activating group) is 2. The van der Waals surface area contributed by atoms with Gasteiger partial charge >= 0.3 is 0 Å². The Hall–Kier alpha value is -0.840. The van der Waals surface area contributed by atoms with Gasteiger partial charge in [0.1, 0.15) is 0 Å². The third kappa shape index (κ3) is 5.67. The molecule has 104 valence electrons. The van der Waals surface area contributed by atoms with Gasteiger partial charge in [0.05, 0.1) is 5.92 Å². The first kappa shape index (κ1) is 19.5. The van der Waals surface area contributed by atoms with Crippen LogP contribution in [0.5, 0.6) is 0 Å². The van der Waals surface area contributed by atoms with Crippen molar-refractivity contribution < 1.29 is 4.79 Å². The minimum atomic E-state index is -0.129. The van der Waals surface area contributed by atoms with Crippen LogP contribution in [0.25, 0.3) is 0 Å². The maximum atomic E-state index is 12.0. The molecule has 0 saturated heterocycles. The molecule has 0 radical (unpaired) electrons. The Morgan fingerprint density at radius 2 is 2.17 bits per heavy atom. The summed E-state index contributed by atoms with van der Waals surface area (Å²) in [6, 6.07) is 3.79. The number of carbonyl (C=O) groups excluding carboxylic acids is 1. The third-order valence-corrected chi connectivity index (χ3v) is 2.63. The van der Waals surface area contributed by atoms with Gasteiger partial charge in [0.15, 0.2) is 0 Å². The smallest absolute Gasteiger partial charge is 0.229 e. The highest BCUT2D eigenvalue weighted by atomic mass is 35.5. The van der Waals surface area contributed by atoms with Crippen molar-refractivity contribution in [2.75, 3.05) is 27.2 Å². The van der Waals surface area contributed by atoms with Gasteiger partial charge in [0, 0.05) is 32.5 Å². The van der Waals surface area contributed by atoms with E-state index in [2.05, 4.69) is 10.3 Å². The third-order valence-electron chi connectivity index (χ3n) is 2.63. The molecule has 1 atom stereocenters. The summed E-state index contributed by atoms with van der Waals surface area (Å²) < 4.78 is 0. The van der Waals surface area contributed by atoms with Crippen LogP contribution in [-0.2, 0) is 4.79 Å². The van der Waals surface area contributed by atoms with Crippen molar-refractivity contribution in [1.82, 2.24) is 15.2 Å². The van der Waals surface area contributed by atoms with Crippen molar-refractivity contribution in [2.24, 2.45) is 0 Å². The molecule has 0 aliphatic rings. The fourth-order valence-electron chi connectivity index (χ4n) is 1.49. The van der Waals surface area contributed by atoms with Gasteiger partial charge in [0.25, 0.3) is 0 Å². The molecule has 1 rings (SSSR count). The molecule has 1 aromatic rings. The summed E-state index contributed by atoms with van der Waals surface area (Å²) in [6.45, 7) is 3.44. The number of hydrogen-bond acceptors (Lipinski definition) is 3. The van der Waals surface area contributed by atoms with Crippen LogP contribution >= 0.6 is 24.8 Å². The van der Waals surface area contributed by atoms with E-state index in [4.69, 9.17) is 0 Å². The van der Waals surface area contributed by atoms with Crippen LogP contribution < -0.4 is 5.32 Å². The molecule has 0 spiro atoms. The normalized spacial score (nSPS) is 10.8. The number of amides is 1. The first-order chi connectivity index (χ1) is 7.66. The van der Waals surface area contributed by atoms with Crippen molar-refractivity contribution in [3.05, 3.63) is 30.1 Å². The van der Waals surface area contributed by atoms with Crippen LogP contribution in [0.15, 0.2) is 24.5 Å². The topological polar surface area (TPSA) is 45.2 Å². The highest BCUT2D eigenvalue weighted by Gasteiger charge is 2.18. The molecule has 6 heteroatoms. The average Bonchev–Trinajstić information content (AvgIpc) is 2.35. The van der Waals surface area contributed by atoms with E-state index in [0.29, 0.717) is 0 Å². The molecule has 18 heavy (non-hydrogen) atoms. The van der Waals surface area contributed by atoms with Crippen molar-refractivity contribution in [1.29, 1.82) is 0 Å². The first-order valence-electron chi connectivity index (χ1n) is 5.46. The predicted molar refractivity (Wildman–Crippen MR) is 78.7 cm³/mol. The molecule has 0 bridgehead atoms. The lowest BCUT2D eigenvalue weighted by molar-refractivity contribution is -0.131. The number of pyridine rings is 1. The van der Waals surface area contributed by atoms with E-state index in [1.54, 1.807) is 17.3 Å². The van der Waals surface area contributed by atoms with Gasteiger partial charge in [-0.2, -0.15) is 0 Å². The summed E-state index contributed by atoms with van der Waals surface area (Å²) in [5.41, 5.74) is 0.962. The van der Waals surface area contributed by atoms with Gasteiger partial charge in [-0.25, -0.2) is 0 Å². The fourth-order valence-corrected chi connectivity index (χ4v) is 1.49. The van der Waals surface area contributed by atoms with Crippen molar-refractivity contribution >= 4 is 30.7 Å². The van der Waals surface area contributed by atoms with E-state index in [9.17, 15) is 4.79 Å². The first-order valence-corrected chi connectivity index (χ1v) is 5.46. The zero-order valence-corrected chi connectivity index (χ0v) is 12.6. The maximum Gasteiger partial charge on any atom is 0.229 e. The van der Waals surface area contributed by atoms with Crippen molar-refractivity contribution in [3.8, 4) is 0 Å². The molecule has 0 aromatic carbocycles. The Balaban J connectivity index is 0. The molecular formula is C12H21Cl2N3O. The molecule has 0 aliphatic heterocycles. The highest BCUT2D eigenvalue weighted by Crippen LogP contribution is 2.15. The number of nitrogens with one attached hydrogen (secondary N) is 1. The van der Waals surface area contributed by atoms with E-state index in [-0.39, 0.29) is 36.6 Å². The molecule has 4 nitrogen and oxygen atoms in total. The minimum Gasteiger partial charge on any atom is -0.344 e. The number of nitrogens with zero attached hydrogens (tertiary/aromatic N) is 2. The molecule has 0 saturated carbocycles. The van der Waals surface area contributed by atoms with Crippen LogP contribution in [-0.4, -0.2) is 43.0 Å². The van der Waals surface area contributed by atoms with Crippen molar-refractivity contribution in [2.45, 2.75) is 12.8 Å². The van der Waals surface area contributed by atoms with E-state index < -0.39 is 0 Å². The summed E-state index contributed by atoms with van der Waals surface area (Å²) in [7, 11) is 3.70. The maximum absolute atomic E-state index is 12.0. The monoisotopic (exact) mass is 293 g/mol. The summed E-state index contributed by atoms with van der Waals surface area (Å²) in [5.74, 6) is -0.00111. The number of rotatable bonds is 5. The van der Waals surface area contributed by atoms with Gasteiger partial charge < -0.3 is 10.2 Å². The summed E-state index contributed by atoms with van der Waals surface area (Å²) in [6.07, 6.45) is 3.46. The van der Waals surface area contributed by atoms with Crippen LogP contribution in [0.2, 0.25) is 0 Å². The number of aromatic nitrogens is 1. The molecule has 1 amide bonds. The second-order valence-corrected chi connectivity index (χ2v) is 3.87. The van der Waals surface area contributed by atoms with E-state index in [1.807, 2.05) is 33.2 Å². The number of halogens is 2. The Morgan fingerprint density at radius 1 is 1.50 bits per heavy atom. The Morgan fingerprint density at radius 3 is 2.67 bits per heavy atom. The van der Waals surface area contributed by atoms with E-state index >= 15 is 0 Å². The molecule has 1 unspecified atom stereocenters. The van der Waals surface area contributed by atoms with Gasteiger partial charge in [-0.15, -0.1) is 24.8 Å².